The van der Waals surface area contributed by atoms with Gasteiger partial charge in [0.2, 0.25) is 0 Å². The Labute approximate surface area is 67.0 Å². The van der Waals surface area contributed by atoms with Gasteiger partial charge in [0.15, 0.2) is 0 Å². The summed E-state index contributed by atoms with van der Waals surface area (Å²) in [6, 6.07) is 0.127. The summed E-state index contributed by atoms with van der Waals surface area (Å²) in [5, 5.41) is 0. The number of primary amides is 1. The van der Waals surface area contributed by atoms with E-state index in [4.69, 9.17) is 5.73 Å². The molecule has 0 unspecified atom stereocenters. The van der Waals surface area contributed by atoms with Gasteiger partial charge in [-0.1, -0.05) is 0 Å². The molecule has 0 bridgehead atoms. The van der Waals surface area contributed by atoms with E-state index in [0.717, 1.165) is 12.8 Å². The molecule has 1 fully saturated rings. The van der Waals surface area contributed by atoms with Crippen LogP contribution in [0, 0.1) is 0 Å². The average molecular weight is 165 g/mol. The smallest absolute Gasteiger partial charge is 0.314 e. The molecule has 0 atom stereocenters. The zero-order chi connectivity index (χ0) is 6.85. The van der Waals surface area contributed by atoms with Crippen molar-refractivity contribution in [3.05, 3.63) is 0 Å². The summed E-state index contributed by atoms with van der Waals surface area (Å²) in [6.07, 6.45) is 3.49. The van der Waals surface area contributed by atoms with Crippen LogP contribution in [-0.2, 0) is 0 Å². The van der Waals surface area contributed by atoms with Gasteiger partial charge in [-0.25, -0.2) is 4.79 Å². The Hall–Kier alpha value is -0.440. The standard InChI is InChI=1S/C6H12N2O.ClH/c1-8(6(7)9)5-3-2-4-5;/h5H,2-4H2,1H3,(H2,7,9);1H. The first-order valence-electron chi connectivity index (χ1n) is 3.24. The second-order valence-corrected chi connectivity index (χ2v) is 2.53. The second kappa shape index (κ2) is 3.66. The molecule has 0 aliphatic heterocycles. The van der Waals surface area contributed by atoms with Crippen molar-refractivity contribution in [3.63, 3.8) is 0 Å². The number of nitrogens with two attached hydrogens (primary N) is 1. The summed E-state index contributed by atoms with van der Waals surface area (Å²) in [4.78, 5) is 12.1. The van der Waals surface area contributed by atoms with Crippen LogP contribution in [0.25, 0.3) is 0 Å². The highest BCUT2D eigenvalue weighted by Gasteiger charge is 2.23. The molecular weight excluding hydrogens is 152 g/mol. The van der Waals surface area contributed by atoms with Crippen LogP contribution in [0.1, 0.15) is 19.3 Å². The van der Waals surface area contributed by atoms with Gasteiger partial charge in [0, 0.05) is 13.1 Å². The first kappa shape index (κ1) is 9.56. The van der Waals surface area contributed by atoms with Gasteiger partial charge in [-0.15, -0.1) is 12.4 Å². The minimum absolute atomic E-state index is 0. The Morgan fingerprint density at radius 2 is 2.10 bits per heavy atom. The number of hydrogen-bond donors (Lipinski definition) is 1. The lowest BCUT2D eigenvalue weighted by Gasteiger charge is -2.33. The molecule has 2 N–H and O–H groups in total. The molecule has 0 aromatic rings. The van der Waals surface area contributed by atoms with E-state index in [1.807, 2.05) is 0 Å². The van der Waals surface area contributed by atoms with Crippen molar-refractivity contribution in [2.45, 2.75) is 25.3 Å². The van der Waals surface area contributed by atoms with Gasteiger partial charge in [0.1, 0.15) is 0 Å². The van der Waals surface area contributed by atoms with Crippen LogP contribution in [0.3, 0.4) is 0 Å². The van der Waals surface area contributed by atoms with Crippen molar-refractivity contribution in [3.8, 4) is 0 Å². The van der Waals surface area contributed by atoms with Crippen LogP contribution >= 0.6 is 12.4 Å². The summed E-state index contributed by atoms with van der Waals surface area (Å²) in [5.41, 5.74) is 5.03. The third-order valence-corrected chi connectivity index (χ3v) is 1.97. The van der Waals surface area contributed by atoms with Gasteiger partial charge in [-0.2, -0.15) is 0 Å². The molecule has 10 heavy (non-hydrogen) atoms. The van der Waals surface area contributed by atoms with Crippen LogP contribution < -0.4 is 5.73 Å². The van der Waals surface area contributed by atoms with Crippen molar-refractivity contribution < 1.29 is 4.79 Å². The lowest BCUT2D eigenvalue weighted by Crippen LogP contribution is -2.44. The minimum atomic E-state index is -0.306. The Kier molecular flexibility index (Phi) is 3.50. The van der Waals surface area contributed by atoms with Gasteiger partial charge in [-0.05, 0) is 19.3 Å². The maximum Gasteiger partial charge on any atom is 0.314 e. The quantitative estimate of drug-likeness (QED) is 0.617. The van der Waals surface area contributed by atoms with E-state index < -0.39 is 0 Å². The number of carbonyl (C=O) groups is 1. The van der Waals surface area contributed by atoms with E-state index in [1.54, 1.807) is 11.9 Å². The molecule has 0 radical (unpaired) electrons. The van der Waals surface area contributed by atoms with Crippen LogP contribution in [0.4, 0.5) is 4.79 Å². The molecule has 3 nitrogen and oxygen atoms in total. The molecule has 1 saturated carbocycles. The monoisotopic (exact) mass is 164 g/mol. The molecule has 2 amide bonds. The predicted octanol–water partition coefficient (Wildman–Crippen LogP) is 0.971. The van der Waals surface area contributed by atoms with Crippen LogP contribution in [-0.4, -0.2) is 24.0 Å². The van der Waals surface area contributed by atoms with Gasteiger partial charge < -0.3 is 10.6 Å². The van der Waals surface area contributed by atoms with Crippen LogP contribution in [0.5, 0.6) is 0 Å². The molecular formula is C6H13ClN2O. The maximum atomic E-state index is 10.5. The van der Waals surface area contributed by atoms with E-state index >= 15 is 0 Å². The number of urea groups is 1. The van der Waals surface area contributed by atoms with Gasteiger partial charge in [0.25, 0.3) is 0 Å². The third kappa shape index (κ3) is 1.77. The second-order valence-electron chi connectivity index (χ2n) is 2.53. The van der Waals surface area contributed by atoms with E-state index in [1.165, 1.54) is 6.42 Å². The fourth-order valence-electron chi connectivity index (χ4n) is 0.954. The molecule has 4 heteroatoms. The number of rotatable bonds is 1. The van der Waals surface area contributed by atoms with Crippen LogP contribution in [0.2, 0.25) is 0 Å². The van der Waals surface area contributed by atoms with Gasteiger partial charge >= 0.3 is 6.03 Å². The highest BCUT2D eigenvalue weighted by Crippen LogP contribution is 2.22. The minimum Gasteiger partial charge on any atom is -0.351 e. The van der Waals surface area contributed by atoms with Crippen LogP contribution in [0.15, 0.2) is 0 Å². The number of carbonyl (C=O) groups excluding carboxylic acids is 1. The van der Waals surface area contributed by atoms with E-state index in [-0.39, 0.29) is 18.4 Å². The van der Waals surface area contributed by atoms with Crippen molar-refractivity contribution in [1.29, 1.82) is 0 Å². The number of amides is 2. The number of nitrogens with zero attached hydrogens (tertiary/aromatic N) is 1. The summed E-state index contributed by atoms with van der Waals surface area (Å²) in [6.45, 7) is 0. The molecule has 0 aromatic heterocycles. The normalized spacial score (nSPS) is 16.9. The van der Waals surface area contributed by atoms with Gasteiger partial charge in [-0.3, -0.25) is 0 Å². The average Bonchev–Trinajstić information content (AvgIpc) is 1.60. The molecule has 60 valence electrons. The van der Waals surface area contributed by atoms with Gasteiger partial charge in [0.05, 0.1) is 0 Å². The van der Waals surface area contributed by atoms with E-state index in [9.17, 15) is 4.79 Å². The Balaban J connectivity index is 0.000000810. The van der Waals surface area contributed by atoms with Crippen molar-refractivity contribution in [2.75, 3.05) is 7.05 Å². The third-order valence-electron chi connectivity index (χ3n) is 1.97. The molecule has 1 aliphatic carbocycles. The molecule has 1 rings (SSSR count). The van der Waals surface area contributed by atoms with E-state index in [0.29, 0.717) is 6.04 Å². The molecule has 0 spiro atoms. The fourth-order valence-corrected chi connectivity index (χ4v) is 0.954. The molecule has 0 heterocycles. The fraction of sp³-hybridized carbons (Fsp3) is 0.833. The maximum absolute atomic E-state index is 10.5. The van der Waals surface area contributed by atoms with Crippen molar-refractivity contribution in [2.24, 2.45) is 5.73 Å². The Bertz CT molecular complexity index is 125. The topological polar surface area (TPSA) is 46.3 Å². The number of halogens is 1. The Morgan fingerprint density at radius 1 is 1.60 bits per heavy atom. The molecule has 1 aliphatic rings. The molecule has 0 aromatic carbocycles. The van der Waals surface area contributed by atoms with Crippen molar-refractivity contribution >= 4 is 18.4 Å². The van der Waals surface area contributed by atoms with Crippen molar-refractivity contribution in [1.82, 2.24) is 4.90 Å². The summed E-state index contributed by atoms with van der Waals surface area (Å²) >= 11 is 0. The zero-order valence-electron chi connectivity index (χ0n) is 6.04. The SMILES string of the molecule is CN(C(N)=O)C1CCC1.Cl. The zero-order valence-corrected chi connectivity index (χ0v) is 6.86. The highest BCUT2D eigenvalue weighted by molar-refractivity contribution is 5.85. The molecule has 0 saturated heterocycles. The summed E-state index contributed by atoms with van der Waals surface area (Å²) < 4.78 is 0. The summed E-state index contributed by atoms with van der Waals surface area (Å²) in [7, 11) is 1.76. The lowest BCUT2D eigenvalue weighted by atomic mass is 9.92. The first-order chi connectivity index (χ1) is 4.22. The highest BCUT2D eigenvalue weighted by atomic mass is 35.5. The summed E-state index contributed by atoms with van der Waals surface area (Å²) in [5.74, 6) is 0. The predicted molar refractivity (Wildman–Crippen MR) is 42.2 cm³/mol. The van der Waals surface area contributed by atoms with E-state index in [2.05, 4.69) is 0 Å². The largest absolute Gasteiger partial charge is 0.351 e. The lowest BCUT2D eigenvalue weighted by molar-refractivity contribution is 0.165. The number of hydrogen-bond acceptors (Lipinski definition) is 1. The Morgan fingerprint density at radius 3 is 2.20 bits per heavy atom. The first-order valence-corrected chi connectivity index (χ1v) is 3.24.